The highest BCUT2D eigenvalue weighted by Crippen LogP contribution is 2.16. The van der Waals surface area contributed by atoms with Crippen molar-refractivity contribution in [3.8, 4) is 0 Å². The lowest BCUT2D eigenvalue weighted by molar-refractivity contribution is -0.119. The minimum Gasteiger partial charge on any atom is -0.464 e. The average Bonchev–Trinajstić information content (AvgIpc) is 2.19. The fourth-order valence-electron chi connectivity index (χ4n) is 1.25. The Bertz CT molecular complexity index is 491. The number of aliphatic hydroxyl groups excluding tert-OH is 1. The van der Waals surface area contributed by atoms with Crippen molar-refractivity contribution in [3.63, 3.8) is 0 Å². The quantitative estimate of drug-likeness (QED) is 0.802. The molecule has 0 fully saturated rings. The van der Waals surface area contributed by atoms with Crippen molar-refractivity contribution in [2.45, 2.75) is 26.4 Å². The lowest BCUT2D eigenvalue weighted by Gasteiger charge is -2.08. The Morgan fingerprint density at radius 2 is 2.12 bits per heavy atom. The summed E-state index contributed by atoms with van der Waals surface area (Å²) >= 11 is 0. The summed E-state index contributed by atoms with van der Waals surface area (Å²) in [5, 5.41) is 11.8. The van der Waals surface area contributed by atoms with Crippen molar-refractivity contribution in [2.75, 3.05) is 5.32 Å². The molecule has 17 heavy (non-hydrogen) atoms. The summed E-state index contributed by atoms with van der Waals surface area (Å²) in [5.74, 6) is -0.611. The molecule has 0 radical (unpaired) electrons. The summed E-state index contributed by atoms with van der Waals surface area (Å²) < 4.78 is 4.99. The highest BCUT2D eigenvalue weighted by Gasteiger charge is 2.14. The molecule has 0 aromatic carbocycles. The second-order valence-electron chi connectivity index (χ2n) is 3.66. The van der Waals surface area contributed by atoms with Crippen molar-refractivity contribution in [1.82, 2.24) is 0 Å². The van der Waals surface area contributed by atoms with Crippen LogP contribution in [-0.2, 0) is 9.59 Å². The van der Waals surface area contributed by atoms with Crippen molar-refractivity contribution in [3.05, 3.63) is 28.3 Å². The molecule has 1 aromatic rings. The third-order valence-electron chi connectivity index (χ3n) is 1.97. The van der Waals surface area contributed by atoms with Crippen LogP contribution in [0.2, 0.25) is 0 Å². The van der Waals surface area contributed by atoms with Crippen LogP contribution in [0.4, 0.5) is 5.69 Å². The first kappa shape index (κ1) is 13.1. The van der Waals surface area contributed by atoms with E-state index in [-0.39, 0.29) is 23.7 Å². The molecule has 0 bridgehead atoms. The SMILES string of the molecule is CC(=O)C[C@H](O)c1cc(=O)c(NC(C)=O)co1. The van der Waals surface area contributed by atoms with E-state index in [1.165, 1.54) is 13.8 Å². The zero-order valence-electron chi connectivity index (χ0n) is 9.52. The number of hydrogen-bond donors (Lipinski definition) is 2. The molecule has 1 heterocycles. The predicted octanol–water partition coefficient (Wildman–Crippen LogP) is 0.611. The fraction of sp³-hybridized carbons (Fsp3) is 0.364. The fourth-order valence-corrected chi connectivity index (χ4v) is 1.25. The van der Waals surface area contributed by atoms with Crippen molar-refractivity contribution >= 4 is 17.4 Å². The highest BCUT2D eigenvalue weighted by atomic mass is 16.4. The largest absolute Gasteiger partial charge is 0.464 e. The standard InChI is InChI=1S/C11H13NO5/c1-6(13)3-10(16)11-4-9(15)8(5-17-11)12-7(2)14/h4-5,10,16H,3H2,1-2H3,(H,12,14)/t10-/m0/s1. The molecule has 0 aliphatic rings. The van der Waals surface area contributed by atoms with Crippen molar-refractivity contribution in [2.24, 2.45) is 0 Å². The normalized spacial score (nSPS) is 11.9. The Morgan fingerprint density at radius 3 is 2.59 bits per heavy atom. The first-order valence-corrected chi connectivity index (χ1v) is 4.98. The number of hydrogen-bond acceptors (Lipinski definition) is 5. The number of ketones is 1. The van der Waals surface area contributed by atoms with Crippen LogP contribution >= 0.6 is 0 Å². The van der Waals surface area contributed by atoms with E-state index in [0.29, 0.717) is 0 Å². The molecule has 92 valence electrons. The maximum Gasteiger partial charge on any atom is 0.221 e. The molecule has 1 rings (SSSR count). The second kappa shape index (κ2) is 5.40. The molecule has 0 unspecified atom stereocenters. The smallest absolute Gasteiger partial charge is 0.221 e. The van der Waals surface area contributed by atoms with Crippen LogP contribution in [-0.4, -0.2) is 16.8 Å². The monoisotopic (exact) mass is 239 g/mol. The summed E-state index contributed by atoms with van der Waals surface area (Å²) in [6, 6.07) is 1.05. The van der Waals surface area contributed by atoms with Gasteiger partial charge in [0.05, 0.1) is 0 Å². The molecule has 6 nitrogen and oxygen atoms in total. The summed E-state index contributed by atoms with van der Waals surface area (Å²) in [6.45, 7) is 2.59. The molecule has 6 heteroatoms. The van der Waals surface area contributed by atoms with Gasteiger partial charge in [0.1, 0.15) is 29.6 Å². The molecule has 0 spiro atoms. The van der Waals surface area contributed by atoms with Gasteiger partial charge < -0.3 is 14.8 Å². The lowest BCUT2D eigenvalue weighted by atomic mass is 10.1. The molecule has 1 aromatic heterocycles. The Balaban J connectivity index is 2.92. The summed E-state index contributed by atoms with van der Waals surface area (Å²) in [6.07, 6.45) is -0.225. The second-order valence-corrected chi connectivity index (χ2v) is 3.66. The van der Waals surface area contributed by atoms with Crippen molar-refractivity contribution < 1.29 is 19.1 Å². The van der Waals surface area contributed by atoms with Gasteiger partial charge in [-0.3, -0.25) is 14.4 Å². The molecule has 0 saturated carbocycles. The van der Waals surface area contributed by atoms with E-state index in [2.05, 4.69) is 5.32 Å². The molecule has 2 N–H and O–H groups in total. The first-order valence-electron chi connectivity index (χ1n) is 4.98. The van der Waals surface area contributed by atoms with E-state index in [1.54, 1.807) is 0 Å². The van der Waals surface area contributed by atoms with Crippen LogP contribution in [0.3, 0.4) is 0 Å². The topological polar surface area (TPSA) is 96.6 Å². The van der Waals surface area contributed by atoms with Gasteiger partial charge in [0, 0.05) is 19.4 Å². The van der Waals surface area contributed by atoms with E-state index in [1.807, 2.05) is 0 Å². The lowest BCUT2D eigenvalue weighted by Crippen LogP contribution is -2.16. The van der Waals surface area contributed by atoms with E-state index >= 15 is 0 Å². The molecule has 1 atom stereocenters. The Morgan fingerprint density at radius 1 is 1.47 bits per heavy atom. The number of carbonyl (C=O) groups excluding carboxylic acids is 2. The molecular formula is C11H13NO5. The first-order chi connectivity index (χ1) is 7.90. The third kappa shape index (κ3) is 3.84. The third-order valence-corrected chi connectivity index (χ3v) is 1.97. The molecular weight excluding hydrogens is 226 g/mol. The number of nitrogens with one attached hydrogen (secondary N) is 1. The van der Waals surface area contributed by atoms with E-state index < -0.39 is 17.4 Å². The summed E-state index contributed by atoms with van der Waals surface area (Å²) in [4.78, 5) is 33.0. The summed E-state index contributed by atoms with van der Waals surface area (Å²) in [5.41, 5.74) is -0.486. The van der Waals surface area contributed by atoms with Crippen LogP contribution in [0.15, 0.2) is 21.5 Å². The highest BCUT2D eigenvalue weighted by molar-refractivity contribution is 5.88. The van der Waals surface area contributed by atoms with Crippen molar-refractivity contribution in [1.29, 1.82) is 0 Å². The Labute approximate surface area is 97.3 Å². The molecule has 0 saturated heterocycles. The van der Waals surface area contributed by atoms with Gasteiger partial charge in [-0.1, -0.05) is 0 Å². The number of Topliss-reactive ketones (excluding diaryl/α,β-unsaturated/α-hetero) is 1. The van der Waals surface area contributed by atoms with E-state index in [4.69, 9.17) is 4.42 Å². The summed E-state index contributed by atoms with van der Waals surface area (Å²) in [7, 11) is 0. The average molecular weight is 239 g/mol. The number of aliphatic hydroxyl groups is 1. The Kier molecular flexibility index (Phi) is 4.17. The minimum absolute atomic E-state index is 0.000646. The van der Waals surface area contributed by atoms with Gasteiger partial charge in [0.2, 0.25) is 11.3 Å². The maximum absolute atomic E-state index is 11.5. The van der Waals surface area contributed by atoms with Gasteiger partial charge in [-0.2, -0.15) is 0 Å². The minimum atomic E-state index is -1.15. The number of anilines is 1. The number of amides is 1. The van der Waals surface area contributed by atoms with Crippen LogP contribution in [0.1, 0.15) is 32.1 Å². The van der Waals surface area contributed by atoms with Crippen LogP contribution in [0.25, 0.3) is 0 Å². The van der Waals surface area contributed by atoms with E-state index in [0.717, 1.165) is 12.3 Å². The van der Waals surface area contributed by atoms with Gasteiger partial charge in [-0.15, -0.1) is 0 Å². The Hall–Kier alpha value is -1.95. The van der Waals surface area contributed by atoms with Crippen LogP contribution < -0.4 is 10.7 Å². The molecule has 1 amide bonds. The zero-order valence-corrected chi connectivity index (χ0v) is 9.52. The maximum atomic E-state index is 11.5. The molecule has 0 aliphatic carbocycles. The molecule has 0 aliphatic heterocycles. The van der Waals surface area contributed by atoms with Gasteiger partial charge in [0.15, 0.2) is 0 Å². The zero-order chi connectivity index (χ0) is 13.0. The number of rotatable bonds is 4. The van der Waals surface area contributed by atoms with Crippen LogP contribution in [0, 0.1) is 0 Å². The van der Waals surface area contributed by atoms with E-state index in [9.17, 15) is 19.5 Å². The van der Waals surface area contributed by atoms with Gasteiger partial charge in [-0.05, 0) is 6.92 Å². The van der Waals surface area contributed by atoms with Gasteiger partial charge >= 0.3 is 0 Å². The van der Waals surface area contributed by atoms with Crippen LogP contribution in [0.5, 0.6) is 0 Å². The van der Waals surface area contributed by atoms with Gasteiger partial charge in [-0.25, -0.2) is 0 Å². The van der Waals surface area contributed by atoms with Gasteiger partial charge in [0.25, 0.3) is 0 Å². The predicted molar refractivity (Wildman–Crippen MR) is 59.5 cm³/mol. The number of carbonyl (C=O) groups is 2.